The maximum atomic E-state index is 11.3. The van der Waals surface area contributed by atoms with Crippen LogP contribution in [0, 0.1) is 0 Å². The van der Waals surface area contributed by atoms with Crippen LogP contribution >= 0.6 is 15.9 Å². The zero-order chi connectivity index (χ0) is 11.3. The molecule has 0 aliphatic heterocycles. The number of carbonyl (C=O) groups is 2. The third-order valence-corrected chi connectivity index (χ3v) is 2.54. The molecule has 5 heteroatoms. The third kappa shape index (κ3) is 4.12. The third-order valence-electron chi connectivity index (χ3n) is 1.77. The van der Waals surface area contributed by atoms with Crippen LogP contribution in [0.3, 0.4) is 0 Å². The molecule has 0 unspecified atom stereocenters. The number of nitrogens with two attached hydrogens (primary N) is 1. The van der Waals surface area contributed by atoms with Crippen molar-refractivity contribution >= 4 is 27.7 Å². The van der Waals surface area contributed by atoms with E-state index in [0.717, 1.165) is 10.0 Å². The Labute approximate surface area is 96.0 Å². The van der Waals surface area contributed by atoms with Gasteiger partial charge >= 0.3 is 0 Å². The fourth-order valence-corrected chi connectivity index (χ4v) is 1.49. The van der Waals surface area contributed by atoms with E-state index in [1.807, 2.05) is 24.3 Å². The predicted molar refractivity (Wildman–Crippen MR) is 60.1 cm³/mol. The average molecular weight is 271 g/mol. The maximum Gasteiger partial charge on any atom is 0.236 e. The van der Waals surface area contributed by atoms with Gasteiger partial charge in [0.15, 0.2) is 0 Å². The van der Waals surface area contributed by atoms with Gasteiger partial charge in [-0.25, -0.2) is 0 Å². The molecule has 4 nitrogen and oxygen atoms in total. The molecule has 0 aromatic heterocycles. The molecule has 0 atom stereocenters. The van der Waals surface area contributed by atoms with Gasteiger partial charge in [0.25, 0.3) is 0 Å². The molecule has 0 spiro atoms. The monoisotopic (exact) mass is 270 g/mol. The number of amides is 2. The van der Waals surface area contributed by atoms with Gasteiger partial charge in [-0.2, -0.15) is 0 Å². The molecule has 1 aromatic carbocycles. The van der Waals surface area contributed by atoms with Gasteiger partial charge in [0.05, 0.1) is 13.0 Å². The van der Waals surface area contributed by atoms with Crippen molar-refractivity contribution in [3.63, 3.8) is 0 Å². The number of primary amides is 1. The van der Waals surface area contributed by atoms with Crippen molar-refractivity contribution in [2.45, 2.75) is 6.42 Å². The second-order valence-corrected chi connectivity index (χ2v) is 3.87. The summed E-state index contributed by atoms with van der Waals surface area (Å²) in [5.41, 5.74) is 5.78. The van der Waals surface area contributed by atoms with Gasteiger partial charge in [0.2, 0.25) is 11.8 Å². The van der Waals surface area contributed by atoms with Crippen molar-refractivity contribution in [1.82, 2.24) is 5.32 Å². The van der Waals surface area contributed by atoms with E-state index in [4.69, 9.17) is 5.73 Å². The van der Waals surface area contributed by atoms with E-state index in [9.17, 15) is 9.59 Å². The first-order chi connectivity index (χ1) is 7.09. The quantitative estimate of drug-likeness (QED) is 0.841. The van der Waals surface area contributed by atoms with Crippen LogP contribution in [-0.2, 0) is 16.0 Å². The molecule has 1 rings (SSSR count). The number of hydrogen-bond acceptors (Lipinski definition) is 2. The second-order valence-electron chi connectivity index (χ2n) is 3.01. The van der Waals surface area contributed by atoms with Crippen molar-refractivity contribution in [2.24, 2.45) is 5.73 Å². The zero-order valence-electron chi connectivity index (χ0n) is 8.00. The van der Waals surface area contributed by atoms with E-state index in [-0.39, 0.29) is 18.9 Å². The summed E-state index contributed by atoms with van der Waals surface area (Å²) in [7, 11) is 0. The SMILES string of the molecule is NC(=O)CNC(=O)Cc1ccccc1Br. The first kappa shape index (κ1) is 11.7. The fourth-order valence-electron chi connectivity index (χ4n) is 1.06. The Morgan fingerprint density at radius 1 is 1.33 bits per heavy atom. The van der Waals surface area contributed by atoms with Crippen LogP contribution in [0.4, 0.5) is 0 Å². The van der Waals surface area contributed by atoms with Crippen LogP contribution in [0.2, 0.25) is 0 Å². The number of hydrogen-bond donors (Lipinski definition) is 2. The number of halogens is 1. The average Bonchev–Trinajstić information content (AvgIpc) is 2.18. The van der Waals surface area contributed by atoms with Crippen molar-refractivity contribution in [3.8, 4) is 0 Å². The Kier molecular flexibility index (Phi) is 4.30. The maximum absolute atomic E-state index is 11.3. The molecule has 2 amide bonds. The van der Waals surface area contributed by atoms with Gasteiger partial charge in [-0.15, -0.1) is 0 Å². The molecule has 0 bridgehead atoms. The Balaban J connectivity index is 2.52. The number of benzene rings is 1. The molecule has 15 heavy (non-hydrogen) atoms. The highest BCUT2D eigenvalue weighted by atomic mass is 79.9. The van der Waals surface area contributed by atoms with Gasteiger partial charge in [-0.05, 0) is 11.6 Å². The molecule has 0 aliphatic carbocycles. The van der Waals surface area contributed by atoms with E-state index in [1.54, 1.807) is 0 Å². The van der Waals surface area contributed by atoms with Gasteiger partial charge < -0.3 is 11.1 Å². The van der Waals surface area contributed by atoms with Crippen LogP contribution in [-0.4, -0.2) is 18.4 Å². The normalized spacial score (nSPS) is 9.67. The molecule has 0 fully saturated rings. The largest absolute Gasteiger partial charge is 0.368 e. The summed E-state index contributed by atoms with van der Waals surface area (Å²) in [6, 6.07) is 7.42. The highest BCUT2D eigenvalue weighted by Crippen LogP contribution is 2.15. The minimum Gasteiger partial charge on any atom is -0.368 e. The first-order valence-corrected chi connectivity index (χ1v) is 5.17. The van der Waals surface area contributed by atoms with E-state index >= 15 is 0 Å². The van der Waals surface area contributed by atoms with Crippen LogP contribution in [0.5, 0.6) is 0 Å². The van der Waals surface area contributed by atoms with Crippen LogP contribution < -0.4 is 11.1 Å². The van der Waals surface area contributed by atoms with Crippen molar-refractivity contribution in [2.75, 3.05) is 6.54 Å². The summed E-state index contributed by atoms with van der Waals surface area (Å²) in [6.45, 7) is -0.122. The van der Waals surface area contributed by atoms with E-state index < -0.39 is 5.91 Å². The van der Waals surface area contributed by atoms with Crippen molar-refractivity contribution in [1.29, 1.82) is 0 Å². The Morgan fingerprint density at radius 3 is 2.60 bits per heavy atom. The van der Waals surface area contributed by atoms with Gasteiger partial charge in [0, 0.05) is 4.47 Å². The summed E-state index contributed by atoms with van der Waals surface area (Å²) in [5, 5.41) is 2.42. The summed E-state index contributed by atoms with van der Waals surface area (Å²) >= 11 is 3.33. The van der Waals surface area contributed by atoms with Crippen LogP contribution in [0.15, 0.2) is 28.7 Å². The fraction of sp³-hybridized carbons (Fsp3) is 0.200. The molecule has 0 aliphatic rings. The van der Waals surface area contributed by atoms with Crippen LogP contribution in [0.25, 0.3) is 0 Å². The molecule has 0 radical (unpaired) electrons. The van der Waals surface area contributed by atoms with Gasteiger partial charge in [-0.1, -0.05) is 34.1 Å². The predicted octanol–water partition coefficient (Wildman–Crippen LogP) is 0.593. The topological polar surface area (TPSA) is 72.2 Å². The molecular weight excluding hydrogens is 260 g/mol. The first-order valence-electron chi connectivity index (χ1n) is 4.38. The Morgan fingerprint density at radius 2 is 2.00 bits per heavy atom. The van der Waals surface area contributed by atoms with Crippen molar-refractivity contribution in [3.05, 3.63) is 34.3 Å². The lowest BCUT2D eigenvalue weighted by Crippen LogP contribution is -2.34. The molecule has 0 heterocycles. The van der Waals surface area contributed by atoms with Crippen LogP contribution in [0.1, 0.15) is 5.56 Å². The number of carbonyl (C=O) groups excluding carboxylic acids is 2. The Hall–Kier alpha value is -1.36. The molecule has 0 saturated heterocycles. The zero-order valence-corrected chi connectivity index (χ0v) is 9.58. The lowest BCUT2D eigenvalue weighted by molar-refractivity contribution is -0.124. The summed E-state index contributed by atoms with van der Waals surface area (Å²) in [5.74, 6) is -0.767. The molecule has 0 saturated carbocycles. The smallest absolute Gasteiger partial charge is 0.236 e. The number of nitrogens with one attached hydrogen (secondary N) is 1. The van der Waals surface area contributed by atoms with Crippen molar-refractivity contribution < 1.29 is 9.59 Å². The second kappa shape index (κ2) is 5.50. The molecule has 3 N–H and O–H groups in total. The standard InChI is InChI=1S/C10H11BrN2O2/c11-8-4-2-1-3-7(8)5-10(15)13-6-9(12)14/h1-4H,5-6H2,(H2,12,14)(H,13,15). The highest BCUT2D eigenvalue weighted by Gasteiger charge is 2.06. The van der Waals surface area contributed by atoms with Gasteiger partial charge in [-0.3, -0.25) is 9.59 Å². The summed E-state index contributed by atoms with van der Waals surface area (Å²) in [6.07, 6.45) is 0.231. The Bertz CT molecular complexity index is 379. The van der Waals surface area contributed by atoms with E-state index in [2.05, 4.69) is 21.2 Å². The summed E-state index contributed by atoms with van der Waals surface area (Å²) < 4.78 is 0.874. The summed E-state index contributed by atoms with van der Waals surface area (Å²) in [4.78, 5) is 21.8. The lowest BCUT2D eigenvalue weighted by Gasteiger charge is -2.04. The van der Waals surface area contributed by atoms with E-state index in [0.29, 0.717) is 0 Å². The molecular formula is C10H11BrN2O2. The van der Waals surface area contributed by atoms with E-state index in [1.165, 1.54) is 0 Å². The number of rotatable bonds is 4. The molecule has 80 valence electrons. The lowest BCUT2D eigenvalue weighted by atomic mass is 10.1. The molecule has 1 aromatic rings. The van der Waals surface area contributed by atoms with Gasteiger partial charge in [0.1, 0.15) is 0 Å². The highest BCUT2D eigenvalue weighted by molar-refractivity contribution is 9.10. The minimum atomic E-state index is -0.546. The minimum absolute atomic E-state index is 0.122.